The molecular formula is C20H26ClN5. The van der Waals surface area contributed by atoms with Crippen LogP contribution in [-0.2, 0) is 6.42 Å². The van der Waals surface area contributed by atoms with Crippen LogP contribution in [0.1, 0.15) is 18.9 Å². The van der Waals surface area contributed by atoms with Crippen LogP contribution >= 0.6 is 11.6 Å². The van der Waals surface area contributed by atoms with Crippen LogP contribution in [0, 0.1) is 0 Å². The van der Waals surface area contributed by atoms with Crippen LogP contribution in [0.3, 0.4) is 0 Å². The summed E-state index contributed by atoms with van der Waals surface area (Å²) in [5.41, 5.74) is 1.31. The van der Waals surface area contributed by atoms with E-state index in [0.29, 0.717) is 11.1 Å². The molecule has 1 atom stereocenters. The van der Waals surface area contributed by atoms with E-state index in [2.05, 4.69) is 51.7 Å². The highest BCUT2D eigenvalue weighted by Gasteiger charge is 2.25. The smallest absolute Gasteiger partial charge is 0.191 e. The van der Waals surface area contributed by atoms with Crippen molar-refractivity contribution in [2.45, 2.75) is 25.8 Å². The molecule has 138 valence electrons. The van der Waals surface area contributed by atoms with E-state index in [9.17, 15) is 0 Å². The van der Waals surface area contributed by atoms with Crippen molar-refractivity contribution in [3.05, 3.63) is 59.2 Å². The minimum Gasteiger partial charge on any atom is -0.357 e. The molecule has 0 radical (unpaired) electrons. The summed E-state index contributed by atoms with van der Waals surface area (Å²) < 4.78 is 0. The molecular weight excluding hydrogens is 346 g/mol. The number of hydrogen-bond acceptors (Lipinski definition) is 3. The molecule has 1 aliphatic heterocycles. The summed E-state index contributed by atoms with van der Waals surface area (Å²) in [6, 6.07) is 14.5. The van der Waals surface area contributed by atoms with Gasteiger partial charge in [-0.05, 0) is 37.5 Å². The van der Waals surface area contributed by atoms with E-state index < -0.39 is 0 Å². The van der Waals surface area contributed by atoms with Crippen molar-refractivity contribution in [1.29, 1.82) is 0 Å². The number of rotatable bonds is 6. The Labute approximate surface area is 160 Å². The molecule has 0 saturated carbocycles. The van der Waals surface area contributed by atoms with Crippen LogP contribution < -0.4 is 15.5 Å². The van der Waals surface area contributed by atoms with Gasteiger partial charge < -0.3 is 15.5 Å². The number of aromatic nitrogens is 1. The van der Waals surface area contributed by atoms with Crippen molar-refractivity contribution < 1.29 is 0 Å². The largest absolute Gasteiger partial charge is 0.357 e. The molecule has 1 fully saturated rings. The summed E-state index contributed by atoms with van der Waals surface area (Å²) in [5, 5.41) is 7.59. The number of anilines is 1. The van der Waals surface area contributed by atoms with Crippen molar-refractivity contribution in [2.75, 3.05) is 31.1 Å². The molecule has 2 N–H and O–H groups in total. The maximum Gasteiger partial charge on any atom is 0.191 e. The van der Waals surface area contributed by atoms with Crippen molar-refractivity contribution in [3.8, 4) is 0 Å². The van der Waals surface area contributed by atoms with E-state index in [-0.39, 0.29) is 0 Å². The highest BCUT2D eigenvalue weighted by Crippen LogP contribution is 2.25. The summed E-state index contributed by atoms with van der Waals surface area (Å²) in [4.78, 5) is 11.4. The number of halogens is 1. The Hall–Kier alpha value is -2.27. The molecule has 1 aromatic heterocycles. The first-order chi connectivity index (χ1) is 12.8. The summed E-state index contributed by atoms with van der Waals surface area (Å²) in [6.45, 7) is 5.52. The van der Waals surface area contributed by atoms with Gasteiger partial charge in [-0.15, -0.1) is 0 Å². The fraction of sp³-hybridized carbons (Fsp3) is 0.400. The molecule has 1 aromatic carbocycles. The Bertz CT molecular complexity index is 719. The van der Waals surface area contributed by atoms with E-state index in [1.54, 1.807) is 6.20 Å². The Balaban J connectivity index is 1.55. The number of nitrogens with one attached hydrogen (secondary N) is 2. The zero-order valence-corrected chi connectivity index (χ0v) is 15.9. The zero-order chi connectivity index (χ0) is 18.2. The lowest BCUT2D eigenvalue weighted by atomic mass is 10.2. The third-order valence-electron chi connectivity index (χ3n) is 4.43. The molecule has 5 nitrogen and oxygen atoms in total. The predicted octanol–water partition coefficient (Wildman–Crippen LogP) is 3.11. The number of nitrogens with zero attached hydrogens (tertiary/aromatic N) is 3. The van der Waals surface area contributed by atoms with Gasteiger partial charge in [0.1, 0.15) is 5.82 Å². The van der Waals surface area contributed by atoms with E-state index >= 15 is 0 Å². The maximum absolute atomic E-state index is 6.27. The van der Waals surface area contributed by atoms with Crippen LogP contribution in [0.25, 0.3) is 0 Å². The number of aliphatic imine (C=N–C) groups is 1. The lowest BCUT2D eigenvalue weighted by molar-refractivity contribution is 0.648. The number of pyridine rings is 1. The Morgan fingerprint density at radius 3 is 2.88 bits per heavy atom. The molecule has 1 unspecified atom stereocenters. The predicted molar refractivity (Wildman–Crippen MR) is 109 cm³/mol. The lowest BCUT2D eigenvalue weighted by Crippen LogP contribution is -2.44. The van der Waals surface area contributed by atoms with E-state index in [1.165, 1.54) is 5.56 Å². The highest BCUT2D eigenvalue weighted by atomic mass is 35.5. The standard InChI is InChI=1S/C20H26ClN5/c1-2-22-20(24-13-10-16-7-4-3-5-8-16)25-17-11-14-26(15-17)19-18(21)9-6-12-23-19/h3-9,12,17H,2,10-11,13-15H2,1H3,(H2,22,24,25). The third kappa shape index (κ3) is 5.11. The van der Waals surface area contributed by atoms with Gasteiger partial charge in [-0.3, -0.25) is 4.99 Å². The summed E-state index contributed by atoms with van der Waals surface area (Å²) >= 11 is 6.27. The van der Waals surface area contributed by atoms with Gasteiger partial charge in [-0.1, -0.05) is 41.9 Å². The molecule has 0 spiro atoms. The van der Waals surface area contributed by atoms with Crippen molar-refractivity contribution in [1.82, 2.24) is 15.6 Å². The molecule has 26 heavy (non-hydrogen) atoms. The zero-order valence-electron chi connectivity index (χ0n) is 15.2. The SMILES string of the molecule is CCNC(=NCCc1ccccc1)NC1CCN(c2ncccc2Cl)C1. The van der Waals surface area contributed by atoms with Gasteiger partial charge in [0, 0.05) is 38.4 Å². The average molecular weight is 372 g/mol. The van der Waals surface area contributed by atoms with Gasteiger partial charge in [-0.2, -0.15) is 0 Å². The molecule has 2 heterocycles. The molecule has 3 rings (SSSR count). The number of benzene rings is 1. The Kier molecular flexibility index (Phi) is 6.72. The van der Waals surface area contributed by atoms with Gasteiger partial charge in [0.15, 0.2) is 5.96 Å². The fourth-order valence-corrected chi connectivity index (χ4v) is 3.38. The van der Waals surface area contributed by atoms with E-state index in [1.807, 2.05) is 18.2 Å². The normalized spacial score (nSPS) is 17.4. The van der Waals surface area contributed by atoms with Gasteiger partial charge in [-0.25, -0.2) is 4.98 Å². The Morgan fingerprint density at radius 1 is 1.27 bits per heavy atom. The summed E-state index contributed by atoms with van der Waals surface area (Å²) in [6.07, 6.45) is 3.77. The van der Waals surface area contributed by atoms with Crippen molar-refractivity contribution in [3.63, 3.8) is 0 Å². The minimum atomic E-state index is 0.336. The van der Waals surface area contributed by atoms with Gasteiger partial charge in [0.05, 0.1) is 5.02 Å². The van der Waals surface area contributed by atoms with Gasteiger partial charge >= 0.3 is 0 Å². The molecule has 2 aromatic rings. The van der Waals surface area contributed by atoms with Crippen LogP contribution in [0.15, 0.2) is 53.7 Å². The molecule has 1 aliphatic rings. The monoisotopic (exact) mass is 371 g/mol. The summed E-state index contributed by atoms with van der Waals surface area (Å²) in [7, 11) is 0. The first-order valence-corrected chi connectivity index (χ1v) is 9.58. The molecule has 0 amide bonds. The number of guanidine groups is 1. The number of hydrogen-bond donors (Lipinski definition) is 2. The third-order valence-corrected chi connectivity index (χ3v) is 4.72. The van der Waals surface area contributed by atoms with Gasteiger partial charge in [0.25, 0.3) is 0 Å². The van der Waals surface area contributed by atoms with Crippen LogP contribution in [0.5, 0.6) is 0 Å². The highest BCUT2D eigenvalue weighted by molar-refractivity contribution is 6.32. The second-order valence-electron chi connectivity index (χ2n) is 6.38. The van der Waals surface area contributed by atoms with Crippen LogP contribution in [0.2, 0.25) is 5.02 Å². The van der Waals surface area contributed by atoms with Crippen LogP contribution in [0.4, 0.5) is 5.82 Å². The van der Waals surface area contributed by atoms with E-state index in [4.69, 9.17) is 16.6 Å². The lowest BCUT2D eigenvalue weighted by Gasteiger charge is -2.20. The average Bonchev–Trinajstić information content (AvgIpc) is 3.11. The van der Waals surface area contributed by atoms with Crippen molar-refractivity contribution in [2.24, 2.45) is 4.99 Å². The molecule has 0 bridgehead atoms. The second-order valence-corrected chi connectivity index (χ2v) is 6.79. The second kappa shape index (κ2) is 9.43. The maximum atomic E-state index is 6.27. The summed E-state index contributed by atoms with van der Waals surface area (Å²) in [5.74, 6) is 1.74. The van der Waals surface area contributed by atoms with Crippen molar-refractivity contribution >= 4 is 23.4 Å². The van der Waals surface area contributed by atoms with E-state index in [0.717, 1.165) is 50.8 Å². The molecule has 6 heteroatoms. The minimum absolute atomic E-state index is 0.336. The topological polar surface area (TPSA) is 52.6 Å². The quantitative estimate of drug-likeness (QED) is 0.605. The first-order valence-electron chi connectivity index (χ1n) is 9.20. The fourth-order valence-electron chi connectivity index (χ4n) is 3.14. The Morgan fingerprint density at radius 2 is 2.12 bits per heavy atom. The van der Waals surface area contributed by atoms with Crippen LogP contribution in [-0.4, -0.2) is 43.2 Å². The molecule has 0 aliphatic carbocycles. The first kappa shape index (κ1) is 18.5. The van der Waals surface area contributed by atoms with Gasteiger partial charge in [0.2, 0.25) is 0 Å². The molecule has 1 saturated heterocycles.